The van der Waals surface area contributed by atoms with Gasteiger partial charge in [-0.3, -0.25) is 0 Å². The summed E-state index contributed by atoms with van der Waals surface area (Å²) in [5.41, 5.74) is 4.11. The van der Waals surface area contributed by atoms with Gasteiger partial charge in [-0.05, 0) is 37.3 Å². The van der Waals surface area contributed by atoms with Crippen molar-refractivity contribution in [1.29, 1.82) is 0 Å². The maximum absolute atomic E-state index is 4.81. The van der Waals surface area contributed by atoms with Crippen LogP contribution in [-0.4, -0.2) is 14.5 Å². The molecule has 2 aromatic carbocycles. The van der Waals surface area contributed by atoms with Gasteiger partial charge in [0.05, 0.1) is 16.6 Å². The number of aromatic nitrogens is 3. The lowest BCUT2D eigenvalue weighted by molar-refractivity contribution is 0.780. The Hall–Kier alpha value is -1.94. The van der Waals surface area contributed by atoms with Gasteiger partial charge in [0.1, 0.15) is 5.69 Å². The average Bonchev–Trinajstić information content (AvgIpc) is 2.82. The molecule has 98 valence electrons. The third-order valence-corrected chi connectivity index (χ3v) is 4.12. The van der Waals surface area contributed by atoms with E-state index in [-0.39, 0.29) is 0 Å². The van der Waals surface area contributed by atoms with Crippen molar-refractivity contribution in [1.82, 2.24) is 14.5 Å². The Kier molecular flexibility index (Phi) is 2.54. The first-order chi connectivity index (χ1) is 9.78. The zero-order valence-corrected chi connectivity index (χ0v) is 12.6. The first-order valence-corrected chi connectivity index (χ1v) is 7.41. The molecule has 0 spiro atoms. The average molecular weight is 326 g/mol. The molecular weight excluding hydrogens is 314 g/mol. The molecule has 0 atom stereocenters. The molecule has 0 aromatic heterocycles. The van der Waals surface area contributed by atoms with Gasteiger partial charge in [0.25, 0.3) is 0 Å². The second kappa shape index (κ2) is 4.28. The number of halogens is 1. The predicted molar refractivity (Wildman–Crippen MR) is 85.0 cm³/mol. The fraction of sp³-hybridized carbons (Fsp3) is 0.125. The molecule has 20 heavy (non-hydrogen) atoms. The first-order valence-electron chi connectivity index (χ1n) is 6.62. The number of hydrogen-bond acceptors (Lipinski definition) is 2. The van der Waals surface area contributed by atoms with Gasteiger partial charge in [0.15, 0.2) is 5.82 Å². The van der Waals surface area contributed by atoms with Gasteiger partial charge in [-0.25, -0.2) is 9.97 Å². The minimum absolute atomic E-state index is 0.879. The number of nitrogens with zero attached hydrogens (tertiary/aromatic N) is 3. The summed E-state index contributed by atoms with van der Waals surface area (Å²) in [5.74, 6) is 0.958. The highest BCUT2D eigenvalue weighted by Gasteiger charge is 2.18. The molecule has 0 amide bonds. The molecule has 3 nitrogen and oxygen atoms in total. The monoisotopic (exact) mass is 325 g/mol. The van der Waals surface area contributed by atoms with E-state index >= 15 is 0 Å². The van der Waals surface area contributed by atoms with E-state index in [1.54, 1.807) is 0 Å². The van der Waals surface area contributed by atoms with Crippen molar-refractivity contribution in [2.75, 3.05) is 0 Å². The Morgan fingerprint density at radius 3 is 2.75 bits per heavy atom. The van der Waals surface area contributed by atoms with Crippen LogP contribution in [0.15, 0.2) is 46.9 Å². The highest BCUT2D eigenvalue weighted by molar-refractivity contribution is 9.10. The fourth-order valence-corrected chi connectivity index (χ4v) is 3.08. The van der Waals surface area contributed by atoms with Gasteiger partial charge >= 0.3 is 0 Å². The highest BCUT2D eigenvalue weighted by Crippen LogP contribution is 2.33. The molecule has 0 saturated carbocycles. The zero-order chi connectivity index (χ0) is 13.7. The van der Waals surface area contributed by atoms with Crippen LogP contribution in [0.4, 0.5) is 0 Å². The molecule has 0 fully saturated rings. The Balaban J connectivity index is 2.24. The van der Waals surface area contributed by atoms with E-state index in [0.717, 1.165) is 44.5 Å². The van der Waals surface area contributed by atoms with Crippen LogP contribution < -0.4 is 0 Å². The van der Waals surface area contributed by atoms with Gasteiger partial charge in [-0.2, -0.15) is 0 Å². The van der Waals surface area contributed by atoms with E-state index in [9.17, 15) is 0 Å². The van der Waals surface area contributed by atoms with Crippen molar-refractivity contribution in [2.24, 2.45) is 0 Å². The largest absolute Gasteiger partial charge is 0.323 e. The van der Waals surface area contributed by atoms with Crippen molar-refractivity contribution in [3.63, 3.8) is 0 Å². The van der Waals surface area contributed by atoms with Crippen LogP contribution in [0, 0.1) is 0 Å². The third-order valence-electron chi connectivity index (χ3n) is 3.63. The summed E-state index contributed by atoms with van der Waals surface area (Å²) in [5, 5.41) is 1.10. The van der Waals surface area contributed by atoms with E-state index in [1.807, 2.05) is 24.3 Å². The lowest BCUT2D eigenvalue weighted by Gasteiger charge is -2.12. The SMILES string of the molecule is CCn1c2nc3ccc(Br)cc3c-2nc2ccccc21. The van der Waals surface area contributed by atoms with Crippen LogP contribution in [0.5, 0.6) is 0 Å². The highest BCUT2D eigenvalue weighted by atomic mass is 79.9. The Bertz CT molecular complexity index is 910. The number of benzene rings is 2. The molecule has 0 radical (unpaired) electrons. The van der Waals surface area contributed by atoms with Crippen LogP contribution in [0.2, 0.25) is 0 Å². The molecule has 0 N–H and O–H groups in total. The molecule has 0 unspecified atom stereocenters. The fourth-order valence-electron chi connectivity index (χ4n) is 2.72. The Morgan fingerprint density at radius 2 is 1.90 bits per heavy atom. The van der Waals surface area contributed by atoms with Crippen molar-refractivity contribution in [3.8, 4) is 11.5 Å². The topological polar surface area (TPSA) is 30.7 Å². The molecule has 2 heterocycles. The predicted octanol–water partition coefficient (Wildman–Crippen LogP) is 4.47. The summed E-state index contributed by atoms with van der Waals surface area (Å²) < 4.78 is 3.28. The second-order valence-electron chi connectivity index (χ2n) is 4.79. The molecular formula is C16H12BrN3. The van der Waals surface area contributed by atoms with Crippen LogP contribution in [0.3, 0.4) is 0 Å². The quantitative estimate of drug-likeness (QED) is 0.517. The van der Waals surface area contributed by atoms with E-state index in [0.29, 0.717) is 0 Å². The Labute approximate surface area is 124 Å². The van der Waals surface area contributed by atoms with Crippen LogP contribution in [0.25, 0.3) is 33.5 Å². The third kappa shape index (κ3) is 1.58. The molecule has 4 heteroatoms. The van der Waals surface area contributed by atoms with Gasteiger partial charge in [0.2, 0.25) is 0 Å². The van der Waals surface area contributed by atoms with Crippen molar-refractivity contribution in [2.45, 2.75) is 13.5 Å². The molecule has 0 aliphatic carbocycles. The van der Waals surface area contributed by atoms with Gasteiger partial charge in [0, 0.05) is 16.4 Å². The maximum atomic E-state index is 4.81. The summed E-state index contributed by atoms with van der Waals surface area (Å²) in [6, 6.07) is 14.4. The molecule has 0 bridgehead atoms. The van der Waals surface area contributed by atoms with Crippen LogP contribution in [0.1, 0.15) is 6.92 Å². The molecule has 4 rings (SSSR count). The van der Waals surface area contributed by atoms with E-state index in [1.165, 1.54) is 0 Å². The molecule has 2 aliphatic heterocycles. The normalized spacial score (nSPS) is 11.7. The van der Waals surface area contributed by atoms with Gasteiger partial charge in [-0.1, -0.05) is 28.1 Å². The number of hydrogen-bond donors (Lipinski definition) is 0. The lowest BCUT2D eigenvalue weighted by atomic mass is 10.2. The number of aryl methyl sites for hydroxylation is 1. The Morgan fingerprint density at radius 1 is 1.05 bits per heavy atom. The van der Waals surface area contributed by atoms with E-state index in [4.69, 9.17) is 9.97 Å². The van der Waals surface area contributed by atoms with Crippen LogP contribution >= 0.6 is 15.9 Å². The van der Waals surface area contributed by atoms with Crippen LogP contribution in [-0.2, 0) is 6.54 Å². The molecule has 2 aliphatic rings. The van der Waals surface area contributed by atoms with E-state index in [2.05, 4.69) is 45.6 Å². The summed E-state index contributed by atoms with van der Waals surface area (Å²) in [4.78, 5) is 9.57. The summed E-state index contributed by atoms with van der Waals surface area (Å²) in [6.07, 6.45) is 0. The summed E-state index contributed by atoms with van der Waals surface area (Å²) in [7, 11) is 0. The first kappa shape index (κ1) is 11.9. The zero-order valence-electron chi connectivity index (χ0n) is 11.0. The van der Waals surface area contributed by atoms with Gasteiger partial charge in [-0.15, -0.1) is 0 Å². The molecule has 2 aromatic rings. The standard InChI is InChI=1S/C16H12BrN3/c1-2-20-14-6-4-3-5-13(14)18-15-11-9-10(17)7-8-12(11)19-16(15)20/h3-9H,2H2,1H3. The number of fused-ring (bicyclic) bond motifs is 4. The smallest absolute Gasteiger partial charge is 0.160 e. The number of para-hydroxylation sites is 2. The summed E-state index contributed by atoms with van der Waals surface area (Å²) >= 11 is 3.53. The van der Waals surface area contributed by atoms with Crippen molar-refractivity contribution < 1.29 is 0 Å². The minimum Gasteiger partial charge on any atom is -0.323 e. The van der Waals surface area contributed by atoms with E-state index < -0.39 is 0 Å². The van der Waals surface area contributed by atoms with Gasteiger partial charge < -0.3 is 4.57 Å². The summed E-state index contributed by atoms with van der Waals surface area (Å²) in [6.45, 7) is 3.02. The lowest BCUT2D eigenvalue weighted by Crippen LogP contribution is -2.05. The van der Waals surface area contributed by atoms with Crippen molar-refractivity contribution >= 4 is 37.9 Å². The minimum atomic E-state index is 0.879. The van der Waals surface area contributed by atoms with Crippen molar-refractivity contribution in [3.05, 3.63) is 46.9 Å². The number of rotatable bonds is 1. The maximum Gasteiger partial charge on any atom is 0.160 e. The molecule has 0 saturated heterocycles. The second-order valence-corrected chi connectivity index (χ2v) is 5.71.